The van der Waals surface area contributed by atoms with E-state index < -0.39 is 0 Å². The molecule has 146 valence electrons. The third-order valence-corrected chi connectivity index (χ3v) is 6.01. The van der Waals surface area contributed by atoms with Crippen LogP contribution in [0.2, 0.25) is 0 Å². The Morgan fingerprint density at radius 2 is 1.86 bits per heavy atom. The van der Waals surface area contributed by atoms with Crippen LogP contribution >= 0.6 is 11.8 Å². The largest absolute Gasteiger partial charge is 0.497 e. The molecule has 1 saturated heterocycles. The number of aryl methyl sites for hydroxylation is 1. The number of benzene rings is 2. The summed E-state index contributed by atoms with van der Waals surface area (Å²) in [7, 11) is 1.67. The summed E-state index contributed by atoms with van der Waals surface area (Å²) in [6, 6.07) is 16.4. The van der Waals surface area contributed by atoms with Gasteiger partial charge in [0, 0.05) is 23.6 Å². The fourth-order valence-electron chi connectivity index (χ4n) is 3.32. The molecule has 0 amide bonds. The van der Waals surface area contributed by atoms with Crippen LogP contribution in [-0.2, 0) is 4.74 Å². The van der Waals surface area contributed by atoms with E-state index in [0.717, 1.165) is 46.8 Å². The van der Waals surface area contributed by atoms with Gasteiger partial charge in [0.1, 0.15) is 5.75 Å². The zero-order chi connectivity index (χ0) is 19.3. The second-order valence-electron chi connectivity index (χ2n) is 7.01. The van der Waals surface area contributed by atoms with Crippen molar-refractivity contribution < 1.29 is 9.47 Å². The molecule has 5 nitrogen and oxygen atoms in total. The highest BCUT2D eigenvalue weighted by molar-refractivity contribution is 7.99. The van der Waals surface area contributed by atoms with Crippen LogP contribution < -0.4 is 4.74 Å². The fraction of sp³-hybridized carbons (Fsp3) is 0.364. The Morgan fingerprint density at radius 1 is 1.07 bits per heavy atom. The van der Waals surface area contributed by atoms with Gasteiger partial charge in [0.05, 0.1) is 13.2 Å². The van der Waals surface area contributed by atoms with Crippen LogP contribution in [0.1, 0.15) is 24.8 Å². The summed E-state index contributed by atoms with van der Waals surface area (Å²) in [6.07, 6.45) is 3.83. The molecule has 2 heterocycles. The van der Waals surface area contributed by atoms with Gasteiger partial charge in [0.2, 0.25) is 0 Å². The lowest BCUT2D eigenvalue weighted by molar-refractivity contribution is 0.0315. The highest BCUT2D eigenvalue weighted by Gasteiger charge is 2.19. The lowest BCUT2D eigenvalue weighted by atomic mass is 10.1. The number of methoxy groups -OCH3 is 1. The lowest BCUT2D eigenvalue weighted by Gasteiger charge is -2.22. The molecule has 0 radical (unpaired) electrons. The van der Waals surface area contributed by atoms with Gasteiger partial charge in [-0.25, -0.2) is 0 Å². The predicted octanol–water partition coefficient (Wildman–Crippen LogP) is 4.91. The molecule has 0 aliphatic carbocycles. The van der Waals surface area contributed by atoms with Gasteiger partial charge in [-0.2, -0.15) is 0 Å². The van der Waals surface area contributed by atoms with Gasteiger partial charge in [-0.15, -0.1) is 10.2 Å². The van der Waals surface area contributed by atoms with Crippen molar-refractivity contribution in [1.29, 1.82) is 0 Å². The molecule has 0 unspecified atom stereocenters. The normalized spacial score (nSPS) is 16.9. The topological polar surface area (TPSA) is 49.2 Å². The van der Waals surface area contributed by atoms with Gasteiger partial charge >= 0.3 is 0 Å². The van der Waals surface area contributed by atoms with Crippen molar-refractivity contribution in [2.45, 2.75) is 37.4 Å². The SMILES string of the molecule is COc1ccc(-c2nnc(SC[C@H]3CCCCO3)n2-c2ccc(C)cc2)cc1. The first-order valence-corrected chi connectivity index (χ1v) is 10.6. The molecule has 0 saturated carbocycles. The Hall–Kier alpha value is -2.31. The third kappa shape index (κ3) is 4.23. The van der Waals surface area contributed by atoms with Crippen LogP contribution in [0.4, 0.5) is 0 Å². The predicted molar refractivity (Wildman–Crippen MR) is 112 cm³/mol. The summed E-state index contributed by atoms with van der Waals surface area (Å²) in [5, 5.41) is 9.91. The molecule has 1 aliphatic rings. The second-order valence-corrected chi connectivity index (χ2v) is 7.99. The molecule has 2 aromatic carbocycles. The molecule has 1 atom stereocenters. The number of thioether (sulfide) groups is 1. The average molecular weight is 396 g/mol. The molecule has 1 aromatic heterocycles. The molecule has 0 spiro atoms. The van der Waals surface area contributed by atoms with Gasteiger partial charge < -0.3 is 9.47 Å². The third-order valence-electron chi connectivity index (χ3n) is 4.95. The van der Waals surface area contributed by atoms with E-state index in [4.69, 9.17) is 9.47 Å². The summed E-state index contributed by atoms with van der Waals surface area (Å²) in [6.45, 7) is 2.96. The monoisotopic (exact) mass is 395 g/mol. The van der Waals surface area contributed by atoms with Crippen molar-refractivity contribution in [2.75, 3.05) is 19.5 Å². The zero-order valence-electron chi connectivity index (χ0n) is 16.3. The first-order valence-electron chi connectivity index (χ1n) is 9.66. The maximum absolute atomic E-state index is 5.89. The molecule has 6 heteroatoms. The van der Waals surface area contributed by atoms with Gasteiger partial charge in [-0.3, -0.25) is 4.57 Å². The minimum Gasteiger partial charge on any atom is -0.497 e. The van der Waals surface area contributed by atoms with Crippen molar-refractivity contribution in [3.8, 4) is 22.8 Å². The molecule has 0 N–H and O–H groups in total. The molecule has 28 heavy (non-hydrogen) atoms. The van der Waals surface area contributed by atoms with Crippen LogP contribution in [0.25, 0.3) is 17.1 Å². The molecule has 4 rings (SSSR count). The standard InChI is InChI=1S/C22H25N3O2S/c1-16-6-10-18(11-7-16)25-21(17-8-12-19(26-2)13-9-17)23-24-22(25)28-15-20-5-3-4-14-27-20/h6-13,20H,3-5,14-15H2,1-2H3/t20-/m1/s1. The van der Waals surface area contributed by atoms with Crippen molar-refractivity contribution in [2.24, 2.45) is 0 Å². The van der Waals surface area contributed by atoms with E-state index in [0.29, 0.717) is 6.10 Å². The van der Waals surface area contributed by atoms with Crippen LogP contribution in [0.3, 0.4) is 0 Å². The highest BCUT2D eigenvalue weighted by atomic mass is 32.2. The quantitative estimate of drug-likeness (QED) is 0.555. The van der Waals surface area contributed by atoms with Crippen molar-refractivity contribution in [1.82, 2.24) is 14.8 Å². The second kappa shape index (κ2) is 8.80. The molecule has 3 aromatic rings. The Morgan fingerprint density at radius 3 is 2.54 bits per heavy atom. The van der Waals surface area contributed by atoms with E-state index in [1.54, 1.807) is 18.9 Å². The van der Waals surface area contributed by atoms with Crippen LogP contribution in [-0.4, -0.2) is 40.3 Å². The zero-order valence-corrected chi connectivity index (χ0v) is 17.1. The summed E-state index contributed by atoms with van der Waals surface area (Å²) in [5.74, 6) is 2.56. The molecule has 1 fully saturated rings. The molecule has 0 bridgehead atoms. The van der Waals surface area contributed by atoms with Crippen molar-refractivity contribution in [3.05, 3.63) is 54.1 Å². The molecular formula is C22H25N3O2S. The Kier molecular flexibility index (Phi) is 5.98. The molecular weight excluding hydrogens is 370 g/mol. The van der Waals surface area contributed by atoms with Crippen LogP contribution in [0.5, 0.6) is 5.75 Å². The van der Waals surface area contributed by atoms with E-state index in [9.17, 15) is 0 Å². The van der Waals surface area contributed by atoms with E-state index >= 15 is 0 Å². The Labute approximate surface area is 170 Å². The van der Waals surface area contributed by atoms with Crippen molar-refractivity contribution in [3.63, 3.8) is 0 Å². The lowest BCUT2D eigenvalue weighted by Crippen LogP contribution is -2.21. The van der Waals surface area contributed by atoms with Crippen LogP contribution in [0, 0.1) is 6.92 Å². The number of rotatable bonds is 6. The summed E-state index contributed by atoms with van der Waals surface area (Å²) < 4.78 is 13.3. The molecule has 1 aliphatic heterocycles. The van der Waals surface area contributed by atoms with E-state index in [2.05, 4.69) is 46.0 Å². The average Bonchev–Trinajstić information content (AvgIpc) is 3.17. The van der Waals surface area contributed by atoms with Gasteiger partial charge in [0.15, 0.2) is 11.0 Å². The van der Waals surface area contributed by atoms with Gasteiger partial charge in [0.25, 0.3) is 0 Å². The van der Waals surface area contributed by atoms with Crippen LogP contribution in [0.15, 0.2) is 53.7 Å². The summed E-state index contributed by atoms with van der Waals surface area (Å²) in [5.41, 5.74) is 3.30. The first-order chi connectivity index (χ1) is 13.7. The number of hydrogen-bond acceptors (Lipinski definition) is 5. The summed E-state index contributed by atoms with van der Waals surface area (Å²) in [4.78, 5) is 0. The highest BCUT2D eigenvalue weighted by Crippen LogP contribution is 2.30. The van der Waals surface area contributed by atoms with Crippen molar-refractivity contribution >= 4 is 11.8 Å². The number of ether oxygens (including phenoxy) is 2. The fourth-order valence-corrected chi connectivity index (χ4v) is 4.34. The van der Waals surface area contributed by atoms with E-state index in [-0.39, 0.29) is 0 Å². The number of aromatic nitrogens is 3. The minimum atomic E-state index is 0.298. The summed E-state index contributed by atoms with van der Waals surface area (Å²) >= 11 is 1.72. The smallest absolute Gasteiger partial charge is 0.196 e. The maximum Gasteiger partial charge on any atom is 0.196 e. The van der Waals surface area contributed by atoms with E-state index in [1.807, 2.05) is 24.3 Å². The van der Waals surface area contributed by atoms with E-state index in [1.165, 1.54) is 18.4 Å². The Balaban J connectivity index is 1.67. The van der Waals surface area contributed by atoms with Gasteiger partial charge in [-0.05, 0) is 62.6 Å². The Bertz CT molecular complexity index is 901. The first kappa shape index (κ1) is 19.0. The van der Waals surface area contributed by atoms with Gasteiger partial charge in [-0.1, -0.05) is 29.5 Å². The number of nitrogens with zero attached hydrogens (tertiary/aromatic N) is 3. The number of hydrogen-bond donors (Lipinski definition) is 0. The maximum atomic E-state index is 5.89. The minimum absolute atomic E-state index is 0.298.